The molecule has 0 spiro atoms. The van der Waals surface area contributed by atoms with E-state index in [1.807, 2.05) is 29.2 Å². The first-order valence-corrected chi connectivity index (χ1v) is 10.1. The first kappa shape index (κ1) is 20.9. The van der Waals surface area contributed by atoms with E-state index in [2.05, 4.69) is 29.4 Å². The lowest BCUT2D eigenvalue weighted by atomic mass is 10.1. The number of furan rings is 1. The third-order valence-electron chi connectivity index (χ3n) is 4.68. The summed E-state index contributed by atoms with van der Waals surface area (Å²) in [5.41, 5.74) is 1.88. The average Bonchev–Trinajstić information content (AvgIpc) is 3.23. The molecule has 2 heterocycles. The predicted octanol–water partition coefficient (Wildman–Crippen LogP) is 3.10. The molecular formula is C21H26N4O3S. The Hall–Kier alpha value is -2.87. The van der Waals surface area contributed by atoms with Crippen LogP contribution in [0, 0.1) is 5.92 Å². The van der Waals surface area contributed by atoms with Gasteiger partial charge in [-0.25, -0.2) is 0 Å². The summed E-state index contributed by atoms with van der Waals surface area (Å²) in [4.78, 5) is 28.3. The average molecular weight is 415 g/mol. The van der Waals surface area contributed by atoms with Crippen LogP contribution in [0.4, 0.5) is 11.4 Å². The van der Waals surface area contributed by atoms with Crippen LogP contribution in [-0.4, -0.2) is 48.0 Å². The highest BCUT2D eigenvalue weighted by molar-refractivity contribution is 7.80. The van der Waals surface area contributed by atoms with Gasteiger partial charge in [-0.1, -0.05) is 13.8 Å². The number of hydrogen-bond donors (Lipinski definition) is 2. The Balaban J connectivity index is 1.48. The Morgan fingerprint density at radius 2 is 1.79 bits per heavy atom. The van der Waals surface area contributed by atoms with Gasteiger partial charge in [-0.3, -0.25) is 14.9 Å². The van der Waals surface area contributed by atoms with E-state index in [1.165, 1.54) is 6.26 Å². The van der Waals surface area contributed by atoms with Gasteiger partial charge in [0, 0.05) is 44.0 Å². The molecule has 0 unspecified atom stereocenters. The molecule has 0 radical (unpaired) electrons. The van der Waals surface area contributed by atoms with Crippen LogP contribution >= 0.6 is 12.2 Å². The van der Waals surface area contributed by atoms with Crippen LogP contribution in [0.1, 0.15) is 30.8 Å². The van der Waals surface area contributed by atoms with Gasteiger partial charge >= 0.3 is 0 Å². The van der Waals surface area contributed by atoms with Crippen LogP contribution in [0.25, 0.3) is 0 Å². The molecule has 7 nitrogen and oxygen atoms in total. The Labute approximate surface area is 176 Å². The van der Waals surface area contributed by atoms with Crippen molar-refractivity contribution >= 4 is 40.5 Å². The molecule has 0 atom stereocenters. The van der Waals surface area contributed by atoms with Crippen LogP contribution in [0.5, 0.6) is 0 Å². The number of benzene rings is 1. The number of nitrogens with zero attached hydrogens (tertiary/aromatic N) is 2. The molecule has 2 aromatic rings. The number of rotatable bonds is 5. The second kappa shape index (κ2) is 9.56. The van der Waals surface area contributed by atoms with Crippen LogP contribution in [0.15, 0.2) is 47.1 Å². The summed E-state index contributed by atoms with van der Waals surface area (Å²) >= 11 is 5.18. The molecule has 3 rings (SSSR count). The van der Waals surface area contributed by atoms with Gasteiger partial charge in [0.15, 0.2) is 10.9 Å². The topological polar surface area (TPSA) is 77.8 Å². The minimum Gasteiger partial charge on any atom is -0.459 e. The lowest BCUT2D eigenvalue weighted by molar-refractivity contribution is -0.132. The summed E-state index contributed by atoms with van der Waals surface area (Å²) < 4.78 is 5.04. The Morgan fingerprint density at radius 1 is 1.10 bits per heavy atom. The van der Waals surface area contributed by atoms with Crippen molar-refractivity contribution in [3.8, 4) is 0 Å². The predicted molar refractivity (Wildman–Crippen MR) is 117 cm³/mol. The van der Waals surface area contributed by atoms with Gasteiger partial charge in [0.05, 0.1) is 6.26 Å². The summed E-state index contributed by atoms with van der Waals surface area (Å²) in [6.45, 7) is 7.25. The molecule has 1 fully saturated rings. The lowest BCUT2D eigenvalue weighted by Gasteiger charge is -2.36. The number of carbonyl (C=O) groups excluding carboxylic acids is 2. The summed E-state index contributed by atoms with van der Waals surface area (Å²) in [5.74, 6) is 0.435. The molecule has 1 saturated heterocycles. The smallest absolute Gasteiger partial charge is 0.293 e. The van der Waals surface area contributed by atoms with Crippen LogP contribution in [0.2, 0.25) is 0 Å². The number of thiocarbonyl (C=S) groups is 1. The van der Waals surface area contributed by atoms with Crippen LogP contribution in [-0.2, 0) is 4.79 Å². The van der Waals surface area contributed by atoms with E-state index < -0.39 is 5.91 Å². The molecule has 2 N–H and O–H groups in total. The second-order valence-corrected chi connectivity index (χ2v) is 7.81. The molecule has 0 saturated carbocycles. The fraction of sp³-hybridized carbons (Fsp3) is 0.381. The minimum atomic E-state index is -0.394. The number of piperazine rings is 1. The highest BCUT2D eigenvalue weighted by atomic mass is 32.1. The molecule has 0 aliphatic carbocycles. The fourth-order valence-electron chi connectivity index (χ4n) is 3.18. The van der Waals surface area contributed by atoms with Gasteiger partial charge in [-0.2, -0.15) is 0 Å². The highest BCUT2D eigenvalue weighted by Gasteiger charge is 2.21. The third kappa shape index (κ3) is 5.80. The van der Waals surface area contributed by atoms with Crippen molar-refractivity contribution in [3.63, 3.8) is 0 Å². The normalized spacial score (nSPS) is 14.0. The zero-order valence-electron chi connectivity index (χ0n) is 16.7. The molecule has 1 aliphatic rings. The van der Waals surface area contributed by atoms with Crippen molar-refractivity contribution in [2.24, 2.45) is 5.92 Å². The largest absolute Gasteiger partial charge is 0.459 e. The van der Waals surface area contributed by atoms with Crippen LogP contribution < -0.4 is 15.5 Å². The lowest BCUT2D eigenvalue weighted by Crippen LogP contribution is -2.49. The third-order valence-corrected chi connectivity index (χ3v) is 4.88. The number of amides is 2. The number of anilines is 2. The monoisotopic (exact) mass is 414 g/mol. The van der Waals surface area contributed by atoms with E-state index in [4.69, 9.17) is 16.6 Å². The van der Waals surface area contributed by atoms with E-state index in [1.54, 1.807) is 12.1 Å². The summed E-state index contributed by atoms with van der Waals surface area (Å²) in [6, 6.07) is 11.1. The van der Waals surface area contributed by atoms with E-state index >= 15 is 0 Å². The number of carbonyl (C=O) groups is 2. The van der Waals surface area contributed by atoms with Gasteiger partial charge < -0.3 is 19.5 Å². The van der Waals surface area contributed by atoms with E-state index in [-0.39, 0.29) is 16.8 Å². The van der Waals surface area contributed by atoms with E-state index in [0.29, 0.717) is 12.3 Å². The van der Waals surface area contributed by atoms with Crippen molar-refractivity contribution in [1.29, 1.82) is 0 Å². The van der Waals surface area contributed by atoms with Gasteiger partial charge in [0.25, 0.3) is 5.91 Å². The zero-order chi connectivity index (χ0) is 20.8. The van der Waals surface area contributed by atoms with Crippen molar-refractivity contribution < 1.29 is 14.0 Å². The maximum atomic E-state index is 12.2. The molecule has 2 amide bonds. The highest BCUT2D eigenvalue weighted by Crippen LogP contribution is 2.20. The molecule has 154 valence electrons. The van der Waals surface area contributed by atoms with Crippen molar-refractivity contribution in [2.75, 3.05) is 36.4 Å². The van der Waals surface area contributed by atoms with Crippen molar-refractivity contribution in [2.45, 2.75) is 20.3 Å². The molecule has 1 aromatic carbocycles. The molecular weight excluding hydrogens is 388 g/mol. The molecule has 8 heteroatoms. The van der Waals surface area contributed by atoms with E-state index in [9.17, 15) is 9.59 Å². The van der Waals surface area contributed by atoms with Crippen molar-refractivity contribution in [1.82, 2.24) is 10.2 Å². The van der Waals surface area contributed by atoms with Gasteiger partial charge in [-0.15, -0.1) is 0 Å². The first-order valence-electron chi connectivity index (χ1n) is 9.71. The van der Waals surface area contributed by atoms with Crippen LogP contribution in [0.3, 0.4) is 0 Å². The summed E-state index contributed by atoms with van der Waals surface area (Å²) in [7, 11) is 0. The molecule has 0 bridgehead atoms. The fourth-order valence-corrected chi connectivity index (χ4v) is 3.39. The molecule has 29 heavy (non-hydrogen) atoms. The van der Waals surface area contributed by atoms with Crippen molar-refractivity contribution in [3.05, 3.63) is 48.4 Å². The maximum absolute atomic E-state index is 12.2. The Bertz CT molecular complexity index is 841. The first-order chi connectivity index (χ1) is 13.9. The summed E-state index contributed by atoms with van der Waals surface area (Å²) in [5, 5.41) is 5.77. The van der Waals surface area contributed by atoms with Gasteiger partial charge in [-0.05, 0) is 54.5 Å². The maximum Gasteiger partial charge on any atom is 0.293 e. The Kier molecular flexibility index (Phi) is 6.87. The standard InChI is InChI=1S/C21H26N4O3S/c1-15(2)14-19(26)25-11-9-24(10-12-25)17-7-5-16(6-8-17)22-21(29)23-20(27)18-4-3-13-28-18/h3-8,13,15H,9-12,14H2,1-2H3,(H2,22,23,27,29). The summed E-state index contributed by atoms with van der Waals surface area (Å²) in [6.07, 6.45) is 2.04. The van der Waals surface area contributed by atoms with Gasteiger partial charge in [0.2, 0.25) is 5.91 Å². The quantitative estimate of drug-likeness (QED) is 0.732. The second-order valence-electron chi connectivity index (χ2n) is 7.40. The zero-order valence-corrected chi connectivity index (χ0v) is 17.5. The SMILES string of the molecule is CC(C)CC(=O)N1CCN(c2ccc(NC(=S)NC(=O)c3ccco3)cc2)CC1. The van der Waals surface area contributed by atoms with Gasteiger partial charge in [0.1, 0.15) is 0 Å². The Morgan fingerprint density at radius 3 is 2.38 bits per heavy atom. The van der Waals surface area contributed by atoms with E-state index in [0.717, 1.165) is 37.6 Å². The number of hydrogen-bond acceptors (Lipinski definition) is 5. The molecule has 1 aliphatic heterocycles. The minimum absolute atomic E-state index is 0.204. The number of nitrogens with one attached hydrogen (secondary N) is 2. The molecule has 1 aromatic heterocycles.